The summed E-state index contributed by atoms with van der Waals surface area (Å²) >= 11 is 0. The van der Waals surface area contributed by atoms with Crippen molar-refractivity contribution in [3.8, 4) is 0 Å². The second kappa shape index (κ2) is 7.95. The Morgan fingerprint density at radius 1 is 1.30 bits per heavy atom. The molecule has 0 spiro atoms. The minimum absolute atomic E-state index is 0.00816. The Balaban J connectivity index is 1.84. The average Bonchev–Trinajstić information content (AvgIpc) is 2.68. The van der Waals surface area contributed by atoms with Gasteiger partial charge in [0, 0.05) is 32.2 Å². The molecule has 8 nitrogen and oxygen atoms in total. The summed E-state index contributed by atoms with van der Waals surface area (Å²) in [5.74, 6) is -0.554. The number of piperazine rings is 1. The molecular weight excluding hydrogens is 370 g/mol. The molecule has 2 saturated heterocycles. The van der Waals surface area contributed by atoms with Crippen LogP contribution in [-0.4, -0.2) is 75.4 Å². The lowest BCUT2D eigenvalue weighted by atomic mass is 10.1. The number of aryl methyl sites for hydroxylation is 1. The molecule has 1 atom stereocenters. The lowest BCUT2D eigenvalue weighted by molar-refractivity contribution is -0.135. The van der Waals surface area contributed by atoms with Crippen LogP contribution in [0.25, 0.3) is 0 Å². The summed E-state index contributed by atoms with van der Waals surface area (Å²) in [5.41, 5.74) is 0.896. The van der Waals surface area contributed by atoms with Gasteiger partial charge in [0.1, 0.15) is 0 Å². The van der Waals surface area contributed by atoms with Crippen LogP contribution in [0.2, 0.25) is 0 Å². The first-order chi connectivity index (χ1) is 12.8. The number of ether oxygens (including phenoxy) is 1. The van der Waals surface area contributed by atoms with Crippen molar-refractivity contribution >= 4 is 21.9 Å². The van der Waals surface area contributed by atoms with E-state index in [-0.39, 0.29) is 29.0 Å². The normalized spacial score (nSPS) is 21.9. The number of rotatable bonds is 4. The molecule has 1 aromatic carbocycles. The highest BCUT2D eigenvalue weighted by Crippen LogP contribution is 2.25. The van der Waals surface area contributed by atoms with Gasteiger partial charge in [0.15, 0.2) is 0 Å². The van der Waals surface area contributed by atoms with Crippen LogP contribution in [0.3, 0.4) is 0 Å². The van der Waals surface area contributed by atoms with Crippen molar-refractivity contribution in [1.29, 1.82) is 0 Å². The minimum atomic E-state index is -3.76. The molecule has 1 unspecified atom stereocenters. The highest BCUT2D eigenvalue weighted by Gasteiger charge is 2.35. The predicted molar refractivity (Wildman–Crippen MR) is 98.9 cm³/mol. The summed E-state index contributed by atoms with van der Waals surface area (Å²) in [4.78, 5) is 25.9. The maximum Gasteiger partial charge on any atom is 0.338 e. The van der Waals surface area contributed by atoms with Crippen molar-refractivity contribution < 1.29 is 22.7 Å². The highest BCUT2D eigenvalue weighted by atomic mass is 32.2. The molecule has 1 aromatic rings. The van der Waals surface area contributed by atoms with Crippen molar-refractivity contribution in [3.05, 3.63) is 29.3 Å². The summed E-state index contributed by atoms with van der Waals surface area (Å²) in [6.07, 6.45) is 1.48. The van der Waals surface area contributed by atoms with E-state index in [4.69, 9.17) is 4.74 Å². The number of carbonyl (C=O) groups excluding carboxylic acids is 2. The van der Waals surface area contributed by atoms with E-state index < -0.39 is 16.0 Å². The van der Waals surface area contributed by atoms with Gasteiger partial charge >= 0.3 is 5.97 Å². The number of hydrogen-bond acceptors (Lipinski definition) is 6. The monoisotopic (exact) mass is 395 g/mol. The molecule has 0 radical (unpaired) electrons. The van der Waals surface area contributed by atoms with E-state index >= 15 is 0 Å². The summed E-state index contributed by atoms with van der Waals surface area (Å²) < 4.78 is 32.4. The fraction of sp³-hybridized carbons (Fsp3) is 0.556. The number of esters is 1. The summed E-state index contributed by atoms with van der Waals surface area (Å²) in [6, 6.07) is 4.38. The van der Waals surface area contributed by atoms with Gasteiger partial charge in [-0.3, -0.25) is 4.79 Å². The molecule has 148 valence electrons. The molecule has 0 aromatic heterocycles. The molecule has 2 aliphatic rings. The summed E-state index contributed by atoms with van der Waals surface area (Å²) in [6.45, 7) is 4.01. The highest BCUT2D eigenvalue weighted by molar-refractivity contribution is 7.89. The second-order valence-corrected chi connectivity index (χ2v) is 8.83. The topological polar surface area (TPSA) is 96.0 Å². The number of sulfonamides is 1. The number of nitrogens with one attached hydrogen (secondary N) is 1. The van der Waals surface area contributed by atoms with E-state index in [1.807, 2.05) is 0 Å². The van der Waals surface area contributed by atoms with Gasteiger partial charge in [-0.1, -0.05) is 6.07 Å². The Morgan fingerprint density at radius 2 is 2.07 bits per heavy atom. The molecule has 3 rings (SSSR count). The number of amides is 1. The van der Waals surface area contributed by atoms with Crippen LogP contribution in [0.5, 0.6) is 0 Å². The van der Waals surface area contributed by atoms with Crippen molar-refractivity contribution in [1.82, 2.24) is 14.5 Å². The number of hydrogen-bond donors (Lipinski definition) is 1. The van der Waals surface area contributed by atoms with E-state index in [1.165, 1.54) is 23.5 Å². The lowest BCUT2D eigenvalue weighted by Gasteiger charge is -2.40. The van der Waals surface area contributed by atoms with Gasteiger partial charge in [0.2, 0.25) is 15.9 Å². The van der Waals surface area contributed by atoms with Crippen molar-refractivity contribution in [2.45, 2.75) is 30.7 Å². The molecule has 1 amide bonds. The number of nitrogens with zero attached hydrogens (tertiary/aromatic N) is 2. The fourth-order valence-electron chi connectivity index (χ4n) is 3.64. The molecule has 1 N–H and O–H groups in total. The van der Waals surface area contributed by atoms with E-state index in [1.54, 1.807) is 17.9 Å². The van der Waals surface area contributed by atoms with Crippen molar-refractivity contribution in [3.63, 3.8) is 0 Å². The van der Waals surface area contributed by atoms with Gasteiger partial charge in [-0.05, 0) is 37.5 Å². The van der Waals surface area contributed by atoms with Gasteiger partial charge in [-0.2, -0.15) is 4.31 Å². The predicted octanol–water partition coefficient (Wildman–Crippen LogP) is 0.367. The first kappa shape index (κ1) is 19.8. The smallest absolute Gasteiger partial charge is 0.338 e. The Morgan fingerprint density at radius 3 is 2.78 bits per heavy atom. The van der Waals surface area contributed by atoms with Crippen LogP contribution in [-0.2, 0) is 19.6 Å². The van der Waals surface area contributed by atoms with Crippen molar-refractivity contribution in [2.75, 3.05) is 39.8 Å². The Labute approximate surface area is 159 Å². The van der Waals surface area contributed by atoms with Gasteiger partial charge in [-0.25, -0.2) is 13.2 Å². The van der Waals surface area contributed by atoms with E-state index in [9.17, 15) is 18.0 Å². The molecule has 2 heterocycles. The Hall–Kier alpha value is -1.97. The largest absolute Gasteiger partial charge is 0.465 e. The SMILES string of the molecule is COC(=O)c1cc(S(=O)(=O)N2CCCC(N3CCNCC3=O)C2)ccc1C. The van der Waals surface area contributed by atoms with E-state index in [2.05, 4.69) is 5.32 Å². The average molecular weight is 395 g/mol. The van der Waals surface area contributed by atoms with Crippen LogP contribution in [0.15, 0.2) is 23.1 Å². The zero-order chi connectivity index (χ0) is 19.6. The Bertz CT molecular complexity index is 839. The molecule has 2 fully saturated rings. The van der Waals surface area contributed by atoms with Crippen LogP contribution in [0, 0.1) is 6.92 Å². The van der Waals surface area contributed by atoms with Gasteiger partial charge in [-0.15, -0.1) is 0 Å². The quantitative estimate of drug-likeness (QED) is 0.740. The van der Waals surface area contributed by atoms with Crippen LogP contribution < -0.4 is 5.32 Å². The van der Waals surface area contributed by atoms with Crippen LogP contribution in [0.4, 0.5) is 0 Å². The van der Waals surface area contributed by atoms with Gasteiger partial charge in [0.05, 0.1) is 24.1 Å². The first-order valence-corrected chi connectivity index (χ1v) is 10.5. The second-order valence-electron chi connectivity index (χ2n) is 6.89. The fourth-order valence-corrected chi connectivity index (χ4v) is 5.18. The van der Waals surface area contributed by atoms with E-state index in [0.29, 0.717) is 31.6 Å². The molecule has 2 aliphatic heterocycles. The third kappa shape index (κ3) is 3.99. The molecule has 9 heteroatoms. The molecule has 0 saturated carbocycles. The standard InChI is InChI=1S/C18H25N3O5S/c1-13-5-6-15(10-16(13)18(23)26-2)27(24,25)20-8-3-4-14(12-20)21-9-7-19-11-17(21)22/h5-6,10,14,19H,3-4,7-9,11-12H2,1-2H3. The number of methoxy groups -OCH3 is 1. The summed E-state index contributed by atoms with van der Waals surface area (Å²) in [7, 11) is -2.49. The summed E-state index contributed by atoms with van der Waals surface area (Å²) in [5, 5.41) is 3.03. The van der Waals surface area contributed by atoms with Gasteiger partial charge in [0.25, 0.3) is 0 Å². The van der Waals surface area contributed by atoms with Crippen LogP contribution in [0.1, 0.15) is 28.8 Å². The lowest BCUT2D eigenvalue weighted by Crippen LogP contribution is -2.57. The molecule has 0 bridgehead atoms. The minimum Gasteiger partial charge on any atom is -0.465 e. The maximum atomic E-state index is 13.1. The zero-order valence-corrected chi connectivity index (χ0v) is 16.4. The van der Waals surface area contributed by atoms with E-state index in [0.717, 1.165) is 13.0 Å². The number of benzene rings is 1. The van der Waals surface area contributed by atoms with Crippen LogP contribution >= 0.6 is 0 Å². The Kier molecular flexibility index (Phi) is 5.83. The van der Waals surface area contributed by atoms with Gasteiger partial charge < -0.3 is 15.0 Å². The zero-order valence-electron chi connectivity index (χ0n) is 15.6. The molecule has 27 heavy (non-hydrogen) atoms. The third-order valence-corrected chi connectivity index (χ3v) is 7.04. The molecular formula is C18H25N3O5S. The maximum absolute atomic E-state index is 13.1. The third-order valence-electron chi connectivity index (χ3n) is 5.18. The molecule has 0 aliphatic carbocycles. The first-order valence-electron chi connectivity index (χ1n) is 9.04. The number of carbonyl (C=O) groups is 2. The van der Waals surface area contributed by atoms with Crippen molar-refractivity contribution in [2.24, 2.45) is 0 Å². The number of piperidine rings is 1.